The van der Waals surface area contributed by atoms with E-state index in [9.17, 15) is 4.79 Å². The molecule has 0 radical (unpaired) electrons. The molecule has 1 aromatic rings. The Morgan fingerprint density at radius 3 is 2.75 bits per heavy atom. The van der Waals surface area contributed by atoms with Crippen molar-refractivity contribution in [3.05, 3.63) is 29.8 Å². The number of ketones is 1. The lowest BCUT2D eigenvalue weighted by atomic mass is 9.85. The predicted octanol–water partition coefficient (Wildman–Crippen LogP) is 3.86. The van der Waals surface area contributed by atoms with Crippen molar-refractivity contribution in [2.75, 3.05) is 13.7 Å². The molecular formula is C17H24O3. The number of methoxy groups -OCH3 is 1. The fraction of sp³-hybridized carbons (Fsp3) is 0.588. The van der Waals surface area contributed by atoms with Crippen LogP contribution in [0.5, 0.6) is 5.75 Å². The largest absolute Gasteiger partial charge is 0.496 e. The van der Waals surface area contributed by atoms with Crippen molar-refractivity contribution in [3.63, 3.8) is 0 Å². The van der Waals surface area contributed by atoms with Crippen molar-refractivity contribution in [1.82, 2.24) is 0 Å². The number of hydrogen-bond donors (Lipinski definition) is 0. The summed E-state index contributed by atoms with van der Waals surface area (Å²) in [4.78, 5) is 12.3. The molecule has 0 heterocycles. The minimum Gasteiger partial charge on any atom is -0.496 e. The van der Waals surface area contributed by atoms with E-state index in [1.54, 1.807) is 13.2 Å². The van der Waals surface area contributed by atoms with E-state index in [1.165, 1.54) is 19.3 Å². The van der Waals surface area contributed by atoms with Crippen LogP contribution in [0.1, 0.15) is 49.4 Å². The number of rotatable bonds is 6. The number of carbonyl (C=O) groups excluding carboxylic acids is 1. The van der Waals surface area contributed by atoms with Crippen molar-refractivity contribution in [2.24, 2.45) is 5.92 Å². The quantitative estimate of drug-likeness (QED) is 0.740. The summed E-state index contributed by atoms with van der Waals surface area (Å²) in [6, 6.07) is 7.32. The van der Waals surface area contributed by atoms with Crippen LogP contribution in [0.25, 0.3) is 0 Å². The summed E-state index contributed by atoms with van der Waals surface area (Å²) in [5.74, 6) is 1.23. The third kappa shape index (κ3) is 3.60. The molecule has 0 aromatic heterocycles. The highest BCUT2D eigenvalue weighted by Crippen LogP contribution is 2.29. The molecule has 2 atom stereocenters. The maximum absolute atomic E-state index is 12.3. The van der Waals surface area contributed by atoms with Gasteiger partial charge in [-0.15, -0.1) is 0 Å². The summed E-state index contributed by atoms with van der Waals surface area (Å²) < 4.78 is 11.1. The Labute approximate surface area is 121 Å². The molecule has 1 aliphatic carbocycles. The van der Waals surface area contributed by atoms with Crippen LogP contribution in [-0.4, -0.2) is 25.6 Å². The lowest BCUT2D eigenvalue weighted by Crippen LogP contribution is -2.29. The monoisotopic (exact) mass is 276 g/mol. The second-order valence-corrected chi connectivity index (χ2v) is 5.43. The van der Waals surface area contributed by atoms with Gasteiger partial charge in [0.2, 0.25) is 0 Å². The molecule has 0 spiro atoms. The molecule has 0 bridgehead atoms. The molecule has 110 valence electrons. The van der Waals surface area contributed by atoms with Gasteiger partial charge in [-0.05, 0) is 30.9 Å². The summed E-state index contributed by atoms with van der Waals surface area (Å²) in [6.45, 7) is 2.36. The highest BCUT2D eigenvalue weighted by molar-refractivity contribution is 5.99. The Hall–Kier alpha value is -1.35. The topological polar surface area (TPSA) is 35.5 Å². The highest BCUT2D eigenvalue weighted by Gasteiger charge is 2.25. The maximum Gasteiger partial charge on any atom is 0.192 e. The van der Waals surface area contributed by atoms with Crippen LogP contribution in [0, 0.1) is 5.92 Å². The number of carbonyl (C=O) groups is 1. The molecule has 3 nitrogen and oxygen atoms in total. The summed E-state index contributed by atoms with van der Waals surface area (Å²) in [5, 5.41) is 0. The lowest BCUT2D eigenvalue weighted by molar-refractivity contribution is -0.00577. The Balaban J connectivity index is 1.94. The average molecular weight is 276 g/mol. The van der Waals surface area contributed by atoms with Gasteiger partial charge in [0.25, 0.3) is 0 Å². The molecule has 1 fully saturated rings. The van der Waals surface area contributed by atoms with Crippen molar-refractivity contribution >= 4 is 5.78 Å². The molecule has 3 heteroatoms. The number of ether oxygens (including phenoxy) is 2. The number of Topliss-reactive ketones (excluding diaryl/α,β-unsaturated/α-hetero) is 1. The Kier molecular flexibility index (Phi) is 5.60. The molecule has 1 saturated carbocycles. The molecule has 1 aliphatic rings. The first-order chi connectivity index (χ1) is 9.76. The van der Waals surface area contributed by atoms with E-state index in [1.807, 2.05) is 18.2 Å². The van der Waals surface area contributed by atoms with Crippen LogP contribution < -0.4 is 4.74 Å². The smallest absolute Gasteiger partial charge is 0.192 e. The molecule has 0 amide bonds. The first-order valence-corrected chi connectivity index (χ1v) is 7.54. The molecule has 2 unspecified atom stereocenters. The summed E-state index contributed by atoms with van der Waals surface area (Å²) in [6.07, 6.45) is 6.19. The van der Waals surface area contributed by atoms with Gasteiger partial charge in [0, 0.05) is 0 Å². The van der Waals surface area contributed by atoms with E-state index in [0.717, 1.165) is 12.8 Å². The van der Waals surface area contributed by atoms with Gasteiger partial charge >= 0.3 is 0 Å². The van der Waals surface area contributed by atoms with E-state index in [0.29, 0.717) is 17.2 Å². The number of hydrogen-bond acceptors (Lipinski definition) is 3. The van der Waals surface area contributed by atoms with E-state index >= 15 is 0 Å². The van der Waals surface area contributed by atoms with Gasteiger partial charge in [-0.2, -0.15) is 0 Å². The van der Waals surface area contributed by atoms with Gasteiger partial charge < -0.3 is 9.47 Å². The van der Waals surface area contributed by atoms with E-state index < -0.39 is 0 Å². The number of para-hydroxylation sites is 1. The van der Waals surface area contributed by atoms with Crippen LogP contribution in [0.4, 0.5) is 0 Å². The molecular weight excluding hydrogens is 252 g/mol. The fourth-order valence-corrected chi connectivity index (χ4v) is 3.00. The number of benzene rings is 1. The molecule has 2 rings (SSSR count). The van der Waals surface area contributed by atoms with Crippen molar-refractivity contribution in [2.45, 2.75) is 45.1 Å². The molecule has 20 heavy (non-hydrogen) atoms. The zero-order valence-electron chi connectivity index (χ0n) is 12.4. The van der Waals surface area contributed by atoms with Crippen LogP contribution in [0.2, 0.25) is 0 Å². The Bertz CT molecular complexity index is 442. The third-order valence-electron chi connectivity index (χ3n) is 4.20. The van der Waals surface area contributed by atoms with Crippen LogP contribution >= 0.6 is 0 Å². The normalized spacial score (nSPS) is 22.5. The molecule has 0 aliphatic heterocycles. The van der Waals surface area contributed by atoms with E-state index in [-0.39, 0.29) is 18.5 Å². The molecule has 0 saturated heterocycles. The van der Waals surface area contributed by atoms with Gasteiger partial charge in [-0.3, -0.25) is 4.79 Å². The summed E-state index contributed by atoms with van der Waals surface area (Å²) in [5.41, 5.74) is 0.610. The van der Waals surface area contributed by atoms with Crippen LogP contribution in [0.15, 0.2) is 24.3 Å². The first kappa shape index (κ1) is 15.0. The average Bonchev–Trinajstić information content (AvgIpc) is 2.52. The maximum atomic E-state index is 12.3. The lowest BCUT2D eigenvalue weighted by Gasteiger charge is -2.30. The van der Waals surface area contributed by atoms with E-state index in [2.05, 4.69) is 6.92 Å². The van der Waals surface area contributed by atoms with Gasteiger partial charge in [0.1, 0.15) is 12.4 Å². The van der Waals surface area contributed by atoms with Gasteiger partial charge in [0.05, 0.1) is 18.8 Å². The van der Waals surface area contributed by atoms with Crippen molar-refractivity contribution in [1.29, 1.82) is 0 Å². The summed E-state index contributed by atoms with van der Waals surface area (Å²) in [7, 11) is 1.58. The van der Waals surface area contributed by atoms with E-state index in [4.69, 9.17) is 9.47 Å². The van der Waals surface area contributed by atoms with Gasteiger partial charge in [0.15, 0.2) is 5.78 Å². The second kappa shape index (κ2) is 7.44. The highest BCUT2D eigenvalue weighted by atomic mass is 16.5. The minimum atomic E-state index is 0.00266. The zero-order valence-corrected chi connectivity index (χ0v) is 12.4. The molecule has 1 aromatic carbocycles. The van der Waals surface area contributed by atoms with Crippen molar-refractivity contribution in [3.8, 4) is 5.75 Å². The zero-order chi connectivity index (χ0) is 14.4. The SMILES string of the molecule is CCC1CCCCC1OCC(=O)c1ccccc1OC. The Morgan fingerprint density at radius 2 is 2.00 bits per heavy atom. The van der Waals surface area contributed by atoms with Crippen LogP contribution in [-0.2, 0) is 4.74 Å². The Morgan fingerprint density at radius 1 is 1.25 bits per heavy atom. The standard InChI is InChI=1S/C17H24O3/c1-3-13-8-4-6-10-16(13)20-12-15(18)14-9-5-7-11-17(14)19-2/h5,7,9,11,13,16H,3-4,6,8,10,12H2,1-2H3. The van der Waals surface area contributed by atoms with Crippen LogP contribution in [0.3, 0.4) is 0 Å². The predicted molar refractivity (Wildman–Crippen MR) is 79.3 cm³/mol. The first-order valence-electron chi connectivity index (χ1n) is 7.54. The van der Waals surface area contributed by atoms with Gasteiger partial charge in [-0.25, -0.2) is 0 Å². The molecule has 0 N–H and O–H groups in total. The third-order valence-corrected chi connectivity index (χ3v) is 4.20. The van der Waals surface area contributed by atoms with Gasteiger partial charge in [-0.1, -0.05) is 38.3 Å². The summed E-state index contributed by atoms with van der Waals surface area (Å²) >= 11 is 0. The minimum absolute atomic E-state index is 0.00266. The van der Waals surface area contributed by atoms with Crippen molar-refractivity contribution < 1.29 is 14.3 Å². The fourth-order valence-electron chi connectivity index (χ4n) is 3.00. The second-order valence-electron chi connectivity index (χ2n) is 5.43.